The number of carbonyl (C=O) groups is 1. The first-order chi connectivity index (χ1) is 13.0. The minimum atomic E-state index is -0.248. The van der Waals surface area contributed by atoms with Crippen molar-refractivity contribution < 1.29 is 9.32 Å². The van der Waals surface area contributed by atoms with E-state index >= 15 is 0 Å². The van der Waals surface area contributed by atoms with Crippen molar-refractivity contribution in [1.29, 1.82) is 0 Å². The molecule has 4 aliphatic rings. The Morgan fingerprint density at radius 3 is 2.81 bits per heavy atom. The molecule has 2 aliphatic carbocycles. The maximum absolute atomic E-state index is 13.1. The van der Waals surface area contributed by atoms with Gasteiger partial charge in [0.2, 0.25) is 5.89 Å². The van der Waals surface area contributed by atoms with Crippen molar-refractivity contribution in [2.24, 2.45) is 5.92 Å². The van der Waals surface area contributed by atoms with Gasteiger partial charge >= 0.3 is 6.03 Å². The van der Waals surface area contributed by atoms with E-state index in [4.69, 9.17) is 4.52 Å². The summed E-state index contributed by atoms with van der Waals surface area (Å²) in [5.41, 5.74) is 1.07. The first kappa shape index (κ1) is 16.8. The summed E-state index contributed by atoms with van der Waals surface area (Å²) in [5.74, 6) is 2.29. The normalized spacial score (nSPS) is 34.5. The van der Waals surface area contributed by atoms with Crippen molar-refractivity contribution in [3.05, 3.63) is 47.6 Å². The molecule has 2 aliphatic heterocycles. The van der Waals surface area contributed by atoms with Crippen LogP contribution in [0, 0.1) is 12.8 Å². The minimum absolute atomic E-state index is 0.0651. The van der Waals surface area contributed by atoms with Crippen LogP contribution < -0.4 is 5.32 Å². The molecular formula is C21H26N4O2. The molecule has 0 radical (unpaired) electrons. The fourth-order valence-corrected chi connectivity index (χ4v) is 5.26. The predicted octanol–water partition coefficient (Wildman–Crippen LogP) is 3.39. The van der Waals surface area contributed by atoms with Crippen LogP contribution in [0.2, 0.25) is 0 Å². The maximum atomic E-state index is 13.1. The molecule has 2 bridgehead atoms. The Labute approximate surface area is 159 Å². The molecule has 5 unspecified atom stereocenters. The summed E-state index contributed by atoms with van der Waals surface area (Å²) < 4.78 is 5.54. The van der Waals surface area contributed by atoms with E-state index in [9.17, 15) is 4.79 Å². The van der Waals surface area contributed by atoms with Gasteiger partial charge in [-0.05, 0) is 51.0 Å². The molecule has 2 amide bonds. The van der Waals surface area contributed by atoms with Gasteiger partial charge in [0.25, 0.3) is 0 Å². The lowest BCUT2D eigenvalue weighted by atomic mass is 9.63. The van der Waals surface area contributed by atoms with E-state index in [0.717, 1.165) is 25.8 Å². The van der Waals surface area contributed by atoms with Crippen molar-refractivity contribution >= 4 is 6.03 Å². The third kappa shape index (κ3) is 2.82. The first-order valence-corrected chi connectivity index (χ1v) is 9.97. The maximum Gasteiger partial charge on any atom is 0.317 e. The number of piperidine rings is 2. The Bertz CT molecular complexity index is 851. The highest BCUT2D eigenvalue weighted by Crippen LogP contribution is 2.48. The number of aromatic nitrogens is 2. The number of carbonyl (C=O) groups excluding carboxylic acids is 1. The molecule has 6 rings (SSSR count). The summed E-state index contributed by atoms with van der Waals surface area (Å²) in [7, 11) is 0. The fraction of sp³-hybridized carbons (Fsp3) is 0.571. The molecule has 6 nitrogen and oxygen atoms in total. The first-order valence-electron chi connectivity index (χ1n) is 9.97. The zero-order valence-electron chi connectivity index (χ0n) is 15.9. The topological polar surface area (TPSA) is 71.3 Å². The molecule has 2 saturated heterocycles. The molecule has 1 aromatic heterocycles. The van der Waals surface area contributed by atoms with E-state index in [0.29, 0.717) is 23.6 Å². The Balaban J connectivity index is 1.31. The molecule has 27 heavy (non-hydrogen) atoms. The lowest BCUT2D eigenvalue weighted by molar-refractivity contribution is -0.000494. The molecule has 142 valence electrons. The van der Waals surface area contributed by atoms with Gasteiger partial charge in [0, 0.05) is 24.5 Å². The van der Waals surface area contributed by atoms with Crippen molar-refractivity contribution in [3.8, 4) is 0 Å². The number of nitrogens with zero attached hydrogens (tertiary/aromatic N) is 3. The number of urea groups is 1. The van der Waals surface area contributed by atoms with Gasteiger partial charge in [0.15, 0.2) is 5.82 Å². The fourth-order valence-electron chi connectivity index (χ4n) is 5.26. The number of fused-ring (bicyclic) bond motifs is 3. The van der Waals surface area contributed by atoms with Gasteiger partial charge in [-0.1, -0.05) is 35.5 Å². The number of amides is 2. The summed E-state index contributed by atoms with van der Waals surface area (Å²) in [5, 5.41) is 7.26. The van der Waals surface area contributed by atoms with Crippen LogP contribution in [0.3, 0.4) is 0 Å². The number of aryl methyl sites for hydroxylation is 1. The Morgan fingerprint density at radius 1 is 1.30 bits per heavy atom. The zero-order valence-corrected chi connectivity index (χ0v) is 15.9. The lowest BCUT2D eigenvalue weighted by Gasteiger charge is -2.53. The molecule has 1 aromatic carbocycles. The minimum Gasteiger partial charge on any atom is -0.339 e. The molecule has 2 saturated carbocycles. The van der Waals surface area contributed by atoms with Gasteiger partial charge in [-0.2, -0.15) is 4.98 Å². The summed E-state index contributed by atoms with van der Waals surface area (Å²) in [4.78, 5) is 19.6. The van der Waals surface area contributed by atoms with Crippen LogP contribution in [-0.4, -0.2) is 39.7 Å². The predicted molar refractivity (Wildman–Crippen MR) is 100 cm³/mol. The summed E-state index contributed by atoms with van der Waals surface area (Å²) >= 11 is 0. The molecule has 2 aromatic rings. The zero-order chi connectivity index (χ0) is 18.6. The summed E-state index contributed by atoms with van der Waals surface area (Å²) in [6.45, 7) is 4.86. The van der Waals surface area contributed by atoms with Crippen molar-refractivity contribution in [3.63, 3.8) is 0 Å². The number of rotatable bonds is 3. The van der Waals surface area contributed by atoms with Crippen LogP contribution in [0.5, 0.6) is 0 Å². The highest BCUT2D eigenvalue weighted by atomic mass is 16.5. The average molecular weight is 366 g/mol. The third-order valence-electron chi connectivity index (χ3n) is 6.73. The van der Waals surface area contributed by atoms with Crippen LogP contribution in [0.15, 0.2) is 34.9 Å². The molecule has 0 spiro atoms. The summed E-state index contributed by atoms with van der Waals surface area (Å²) in [6, 6.07) is 10.9. The third-order valence-corrected chi connectivity index (χ3v) is 6.73. The highest BCUT2D eigenvalue weighted by Gasteiger charge is 2.54. The van der Waals surface area contributed by atoms with Gasteiger partial charge in [-0.3, -0.25) is 0 Å². The molecule has 1 N–H and O–H groups in total. The standard InChI is InChI=1S/C21H26N4O2/c1-13-22-19(27-24-13)21(2)11-14-8-9-18(21)25(12-14)20(26)23-17-10-16(17)15-6-4-3-5-7-15/h3-7,14,16-18H,8-12H2,1-2H3,(H,23,26). The highest BCUT2D eigenvalue weighted by molar-refractivity contribution is 5.76. The van der Waals surface area contributed by atoms with Gasteiger partial charge in [-0.25, -0.2) is 4.79 Å². The van der Waals surface area contributed by atoms with Crippen molar-refractivity contribution in [1.82, 2.24) is 20.4 Å². The quantitative estimate of drug-likeness (QED) is 0.904. The number of hydrogen-bond acceptors (Lipinski definition) is 4. The van der Waals surface area contributed by atoms with E-state index < -0.39 is 0 Å². The largest absolute Gasteiger partial charge is 0.339 e. The number of benzene rings is 1. The summed E-state index contributed by atoms with van der Waals surface area (Å²) in [6.07, 6.45) is 4.22. The van der Waals surface area contributed by atoms with E-state index in [1.807, 2.05) is 17.9 Å². The average Bonchev–Trinajstić information content (AvgIpc) is 3.30. The van der Waals surface area contributed by atoms with Gasteiger partial charge in [0.05, 0.1) is 5.41 Å². The molecule has 3 heterocycles. The van der Waals surface area contributed by atoms with Crippen molar-refractivity contribution in [2.75, 3.05) is 6.54 Å². The number of nitrogens with one attached hydrogen (secondary N) is 1. The van der Waals surface area contributed by atoms with E-state index in [1.165, 1.54) is 12.0 Å². The molecular weight excluding hydrogens is 340 g/mol. The number of hydrogen-bond donors (Lipinski definition) is 1. The van der Waals surface area contributed by atoms with Gasteiger partial charge < -0.3 is 14.7 Å². The second kappa shape index (κ2) is 6.08. The van der Waals surface area contributed by atoms with Crippen LogP contribution in [0.4, 0.5) is 4.79 Å². The monoisotopic (exact) mass is 366 g/mol. The van der Waals surface area contributed by atoms with Crippen molar-refractivity contribution in [2.45, 2.75) is 62.9 Å². The van der Waals surface area contributed by atoms with E-state index in [-0.39, 0.29) is 23.5 Å². The SMILES string of the molecule is Cc1noc(C2(C)CC3CCC2N(C(=O)NC2CC2c2ccccc2)C3)n1. The second-order valence-electron chi connectivity index (χ2n) is 8.69. The smallest absolute Gasteiger partial charge is 0.317 e. The van der Waals surface area contributed by atoms with Crippen LogP contribution >= 0.6 is 0 Å². The Hall–Kier alpha value is -2.37. The van der Waals surface area contributed by atoms with Gasteiger partial charge in [0.1, 0.15) is 0 Å². The molecule has 5 atom stereocenters. The van der Waals surface area contributed by atoms with Crippen LogP contribution in [0.1, 0.15) is 55.8 Å². The van der Waals surface area contributed by atoms with Crippen LogP contribution in [0.25, 0.3) is 0 Å². The molecule has 6 heteroatoms. The van der Waals surface area contributed by atoms with E-state index in [2.05, 4.69) is 46.6 Å². The van der Waals surface area contributed by atoms with Gasteiger partial charge in [-0.15, -0.1) is 0 Å². The Morgan fingerprint density at radius 2 is 2.11 bits per heavy atom. The molecule has 4 fully saturated rings. The van der Waals surface area contributed by atoms with Crippen LogP contribution in [-0.2, 0) is 5.41 Å². The second-order valence-corrected chi connectivity index (χ2v) is 8.69. The lowest BCUT2D eigenvalue weighted by Crippen LogP contribution is -2.63. The Kier molecular flexibility index (Phi) is 3.78. The van der Waals surface area contributed by atoms with E-state index in [1.54, 1.807) is 0 Å².